The average Bonchev–Trinajstić information content (AvgIpc) is 2.62. The molecule has 3 aromatic carbocycles. The van der Waals surface area contributed by atoms with Gasteiger partial charge in [0.2, 0.25) is 0 Å². The van der Waals surface area contributed by atoms with Crippen LogP contribution in [0.5, 0.6) is 0 Å². The number of halogens is 16. The Balaban J connectivity index is 2.77. The van der Waals surface area contributed by atoms with Crippen LogP contribution in [0.4, 0.5) is 70.2 Å². The topological polar surface area (TPSA) is 0 Å². The molecule has 0 atom stereocenters. The van der Waals surface area contributed by atoms with Crippen molar-refractivity contribution in [2.24, 2.45) is 0 Å². The molecule has 3 rings (SSSR count). The molecule has 0 aliphatic carbocycles. The quantitative estimate of drug-likeness (QED) is 0.205. The molecule has 0 aliphatic heterocycles. The zero-order valence-electron chi connectivity index (χ0n) is 15.2. The zero-order chi connectivity index (χ0) is 26.3. The van der Waals surface area contributed by atoms with Gasteiger partial charge in [0.25, 0.3) is 0 Å². The van der Waals surface area contributed by atoms with Gasteiger partial charge in [0.15, 0.2) is 23.3 Å². The van der Waals surface area contributed by atoms with Crippen LogP contribution < -0.4 is 0 Å². The highest BCUT2D eigenvalue weighted by atomic mass is 19.4. The van der Waals surface area contributed by atoms with Crippen molar-refractivity contribution in [1.29, 1.82) is 0 Å². The van der Waals surface area contributed by atoms with E-state index in [9.17, 15) is 70.2 Å². The van der Waals surface area contributed by atoms with Crippen molar-refractivity contribution in [1.82, 2.24) is 0 Å². The first-order valence-corrected chi connectivity index (χ1v) is 8.18. The van der Waals surface area contributed by atoms with E-state index in [1.807, 2.05) is 0 Å². The highest BCUT2D eigenvalue weighted by molar-refractivity contribution is 6.03. The Morgan fingerprint density at radius 1 is 0.324 bits per heavy atom. The van der Waals surface area contributed by atoms with E-state index in [0.29, 0.717) is 0 Å². The predicted octanol–water partition coefficient (Wildman–Crippen LogP) is 8.62. The van der Waals surface area contributed by atoms with E-state index in [2.05, 4.69) is 0 Å². The number of hydrogen-bond acceptors (Lipinski definition) is 0. The lowest BCUT2D eigenvalue weighted by Gasteiger charge is -2.22. The monoisotopic (exact) mass is 522 g/mol. The van der Waals surface area contributed by atoms with Gasteiger partial charge in [-0.1, -0.05) is 0 Å². The van der Waals surface area contributed by atoms with E-state index in [-0.39, 0.29) is 0 Å². The van der Waals surface area contributed by atoms with Crippen LogP contribution in [0.25, 0.3) is 21.5 Å². The fraction of sp³-hybridized carbons (Fsp3) is 0.222. The standard InChI is InChI=1S/C18H2F16/c19-11-5-1-3-6(12(20)14(22)9(17(29,30)31)7(3)15(23,24)25)2-4(5)8(16(26,27)28)10(13(11)21)18(32,33)34/h1-2H. The van der Waals surface area contributed by atoms with Gasteiger partial charge in [-0.15, -0.1) is 0 Å². The first kappa shape index (κ1) is 25.7. The largest absolute Gasteiger partial charge is 0.419 e. The molecular formula is C18H2F16. The maximum Gasteiger partial charge on any atom is 0.419 e. The normalized spacial score (nSPS) is 13.9. The van der Waals surface area contributed by atoms with Gasteiger partial charge in [-0.25, -0.2) is 17.6 Å². The number of benzene rings is 3. The van der Waals surface area contributed by atoms with Gasteiger partial charge in [-0.05, 0) is 22.9 Å². The van der Waals surface area contributed by atoms with Gasteiger partial charge in [-0.2, -0.15) is 52.7 Å². The smallest absolute Gasteiger partial charge is 0.203 e. The zero-order valence-corrected chi connectivity index (χ0v) is 15.2. The van der Waals surface area contributed by atoms with E-state index < -0.39 is 104 Å². The minimum absolute atomic E-state index is 0.556. The predicted molar refractivity (Wildman–Crippen MR) is 81.3 cm³/mol. The molecular weight excluding hydrogens is 520 g/mol. The van der Waals surface area contributed by atoms with Crippen LogP contribution in [0.3, 0.4) is 0 Å². The molecule has 0 aromatic heterocycles. The van der Waals surface area contributed by atoms with Crippen molar-refractivity contribution in [3.63, 3.8) is 0 Å². The van der Waals surface area contributed by atoms with Crippen LogP contribution in [0.2, 0.25) is 0 Å². The third kappa shape index (κ3) is 3.85. The van der Waals surface area contributed by atoms with E-state index in [1.165, 1.54) is 0 Å². The maximum atomic E-state index is 14.3. The molecule has 0 N–H and O–H groups in total. The van der Waals surface area contributed by atoms with Crippen LogP contribution in [0.15, 0.2) is 12.1 Å². The third-order valence-electron chi connectivity index (χ3n) is 4.63. The molecule has 0 saturated carbocycles. The number of alkyl halides is 12. The second kappa shape index (κ2) is 7.28. The summed E-state index contributed by atoms with van der Waals surface area (Å²) in [5.74, 6) is -12.1. The van der Waals surface area contributed by atoms with Crippen LogP contribution in [-0.4, -0.2) is 0 Å². The van der Waals surface area contributed by atoms with E-state index in [1.54, 1.807) is 0 Å². The summed E-state index contributed by atoms with van der Waals surface area (Å²) in [6.45, 7) is 0. The Morgan fingerprint density at radius 2 is 0.559 bits per heavy atom. The molecule has 0 heterocycles. The van der Waals surface area contributed by atoms with Gasteiger partial charge >= 0.3 is 24.7 Å². The number of fused-ring (bicyclic) bond motifs is 2. The van der Waals surface area contributed by atoms with Gasteiger partial charge in [0.1, 0.15) is 11.1 Å². The molecule has 0 radical (unpaired) electrons. The highest BCUT2D eigenvalue weighted by Gasteiger charge is 2.50. The molecule has 0 amide bonds. The molecule has 186 valence electrons. The number of hydrogen-bond donors (Lipinski definition) is 0. The van der Waals surface area contributed by atoms with Gasteiger partial charge < -0.3 is 0 Å². The molecule has 16 heteroatoms. The highest BCUT2D eigenvalue weighted by Crippen LogP contribution is 2.50. The average molecular weight is 522 g/mol. The summed E-state index contributed by atoms with van der Waals surface area (Å²) < 4.78 is 216. The molecule has 3 aromatic rings. The van der Waals surface area contributed by atoms with Crippen LogP contribution in [0.1, 0.15) is 22.3 Å². The van der Waals surface area contributed by atoms with E-state index >= 15 is 0 Å². The van der Waals surface area contributed by atoms with Crippen molar-refractivity contribution in [3.8, 4) is 0 Å². The SMILES string of the molecule is Fc1c(C(F)(F)F)c(C(F)(F)F)c2cc3c(F)c(F)c(C(F)(F)F)c(C(F)(F)F)c3cc2c1F. The molecule has 34 heavy (non-hydrogen) atoms. The summed E-state index contributed by atoms with van der Waals surface area (Å²) in [6, 6.07) is -1.11. The first-order chi connectivity index (χ1) is 15.1. The Labute approximate surface area is 175 Å². The molecule has 0 saturated heterocycles. The number of rotatable bonds is 0. The summed E-state index contributed by atoms with van der Waals surface area (Å²) in [7, 11) is 0. The molecule has 0 fully saturated rings. The fourth-order valence-electron chi connectivity index (χ4n) is 3.44. The fourth-order valence-corrected chi connectivity index (χ4v) is 3.44. The lowest BCUT2D eigenvalue weighted by molar-refractivity contribution is -0.163. The van der Waals surface area contributed by atoms with Gasteiger partial charge in [-0.3, -0.25) is 0 Å². The summed E-state index contributed by atoms with van der Waals surface area (Å²) in [5, 5.41) is -8.13. The summed E-state index contributed by atoms with van der Waals surface area (Å²) in [4.78, 5) is 0. The Kier molecular flexibility index (Phi) is 5.50. The van der Waals surface area contributed by atoms with Crippen molar-refractivity contribution >= 4 is 21.5 Å². The van der Waals surface area contributed by atoms with Crippen LogP contribution in [-0.2, 0) is 24.7 Å². The van der Waals surface area contributed by atoms with Crippen molar-refractivity contribution in [2.45, 2.75) is 24.7 Å². The molecule has 0 nitrogen and oxygen atoms in total. The van der Waals surface area contributed by atoms with Crippen molar-refractivity contribution in [3.05, 3.63) is 57.7 Å². The molecule has 0 bridgehead atoms. The minimum Gasteiger partial charge on any atom is -0.203 e. The first-order valence-electron chi connectivity index (χ1n) is 8.18. The second-order valence-electron chi connectivity index (χ2n) is 6.69. The van der Waals surface area contributed by atoms with Crippen molar-refractivity contribution < 1.29 is 70.2 Å². The van der Waals surface area contributed by atoms with Crippen LogP contribution >= 0.6 is 0 Å². The van der Waals surface area contributed by atoms with E-state index in [0.717, 1.165) is 0 Å². The third-order valence-corrected chi connectivity index (χ3v) is 4.63. The Hall–Kier alpha value is -2.94. The molecule has 0 spiro atoms. The summed E-state index contributed by atoms with van der Waals surface area (Å²) in [5.41, 5.74) is -12.5. The van der Waals surface area contributed by atoms with Crippen LogP contribution in [0, 0.1) is 23.3 Å². The molecule has 0 unspecified atom stereocenters. The lowest BCUT2D eigenvalue weighted by Crippen LogP contribution is -2.22. The summed E-state index contributed by atoms with van der Waals surface area (Å²) in [6.07, 6.45) is -24.8. The summed E-state index contributed by atoms with van der Waals surface area (Å²) >= 11 is 0. The van der Waals surface area contributed by atoms with E-state index in [4.69, 9.17) is 0 Å². The van der Waals surface area contributed by atoms with Gasteiger partial charge in [0, 0.05) is 10.8 Å². The maximum absolute atomic E-state index is 14.3. The Bertz CT molecular complexity index is 1210. The second-order valence-corrected chi connectivity index (χ2v) is 6.69. The Morgan fingerprint density at radius 3 is 0.765 bits per heavy atom. The minimum atomic E-state index is -6.24. The van der Waals surface area contributed by atoms with Crippen molar-refractivity contribution in [2.75, 3.05) is 0 Å². The molecule has 0 aliphatic rings. The van der Waals surface area contributed by atoms with Gasteiger partial charge in [0.05, 0.1) is 11.1 Å². The lowest BCUT2D eigenvalue weighted by atomic mass is 9.90.